The van der Waals surface area contributed by atoms with E-state index in [9.17, 15) is 8.42 Å². The highest BCUT2D eigenvalue weighted by atomic mass is 35.6. The number of halogens is 4. The van der Waals surface area contributed by atoms with Crippen LogP contribution >= 0.6 is 46.4 Å². The van der Waals surface area contributed by atoms with E-state index in [1.165, 1.54) is 0 Å². The minimum absolute atomic E-state index is 0.0918. The van der Waals surface area contributed by atoms with Crippen molar-refractivity contribution in [1.82, 2.24) is 5.32 Å². The summed E-state index contributed by atoms with van der Waals surface area (Å²) in [5.74, 6) is -0.112. The molecule has 1 aromatic carbocycles. The van der Waals surface area contributed by atoms with Crippen LogP contribution in [0.3, 0.4) is 0 Å². The second-order valence-electron chi connectivity index (χ2n) is 4.99. The van der Waals surface area contributed by atoms with E-state index in [2.05, 4.69) is 10.3 Å². The van der Waals surface area contributed by atoms with Crippen LogP contribution in [0.15, 0.2) is 35.3 Å². The van der Waals surface area contributed by atoms with E-state index in [0.717, 1.165) is 5.56 Å². The maximum Gasteiger partial charge on any atom is 0.247 e. The SMILES string of the molecule is O=S1(=O)C[C@H](NC(=NCc2ccccc2)C(Cl)(Cl)Cl)[C@@H](Cl)C1. The predicted octanol–water partition coefficient (Wildman–Crippen LogP) is 2.95. The number of rotatable bonds is 3. The molecule has 1 aliphatic heterocycles. The summed E-state index contributed by atoms with van der Waals surface area (Å²) in [6.45, 7) is 0.309. The maximum absolute atomic E-state index is 11.6. The minimum Gasteiger partial charge on any atom is -0.365 e. The Morgan fingerprint density at radius 1 is 1.23 bits per heavy atom. The second kappa shape index (κ2) is 7.14. The van der Waals surface area contributed by atoms with Gasteiger partial charge in [0.05, 0.1) is 29.5 Å². The van der Waals surface area contributed by atoms with E-state index in [4.69, 9.17) is 46.4 Å². The highest BCUT2D eigenvalue weighted by Gasteiger charge is 2.39. The van der Waals surface area contributed by atoms with Crippen molar-refractivity contribution in [3.05, 3.63) is 35.9 Å². The van der Waals surface area contributed by atoms with E-state index < -0.39 is 25.0 Å². The van der Waals surface area contributed by atoms with Gasteiger partial charge in [0.2, 0.25) is 3.79 Å². The lowest BCUT2D eigenvalue weighted by molar-refractivity contribution is 0.600. The number of aliphatic imine (C=N–C) groups is 1. The Kier molecular flexibility index (Phi) is 5.89. The highest BCUT2D eigenvalue weighted by molar-refractivity contribution is 7.91. The van der Waals surface area contributed by atoms with Crippen LogP contribution in [-0.4, -0.2) is 41.0 Å². The molecule has 0 bridgehead atoms. The number of amidine groups is 1. The smallest absolute Gasteiger partial charge is 0.247 e. The quantitative estimate of drug-likeness (QED) is 0.479. The van der Waals surface area contributed by atoms with E-state index in [1.807, 2.05) is 30.3 Å². The van der Waals surface area contributed by atoms with Crippen molar-refractivity contribution in [1.29, 1.82) is 0 Å². The molecule has 1 saturated heterocycles. The summed E-state index contributed by atoms with van der Waals surface area (Å²) in [6.07, 6.45) is 0. The van der Waals surface area contributed by atoms with Gasteiger partial charge in [0.15, 0.2) is 9.84 Å². The molecule has 2 atom stereocenters. The van der Waals surface area contributed by atoms with Gasteiger partial charge < -0.3 is 5.32 Å². The van der Waals surface area contributed by atoms with Gasteiger partial charge in [-0.2, -0.15) is 0 Å². The highest BCUT2D eigenvalue weighted by Crippen LogP contribution is 2.29. The van der Waals surface area contributed by atoms with Gasteiger partial charge in [-0.25, -0.2) is 8.42 Å². The van der Waals surface area contributed by atoms with E-state index >= 15 is 0 Å². The first kappa shape index (κ1) is 18.1. The van der Waals surface area contributed by atoms with Crippen LogP contribution in [-0.2, 0) is 16.4 Å². The Morgan fingerprint density at radius 2 is 1.86 bits per heavy atom. The summed E-state index contributed by atoms with van der Waals surface area (Å²) >= 11 is 23.8. The minimum atomic E-state index is -3.18. The van der Waals surface area contributed by atoms with Crippen LogP contribution in [0.4, 0.5) is 0 Å². The van der Waals surface area contributed by atoms with Crippen molar-refractivity contribution in [2.24, 2.45) is 4.99 Å². The maximum atomic E-state index is 11.6. The molecular weight excluding hydrogens is 390 g/mol. The Hall–Kier alpha value is -0.200. The van der Waals surface area contributed by atoms with Crippen molar-refractivity contribution >= 4 is 62.1 Å². The molecule has 0 unspecified atom stereocenters. The van der Waals surface area contributed by atoms with Gasteiger partial charge in [0, 0.05) is 0 Å². The zero-order valence-corrected chi connectivity index (χ0v) is 15.2. The topological polar surface area (TPSA) is 58.5 Å². The normalized spacial score (nSPS) is 25.2. The number of nitrogens with zero attached hydrogens (tertiary/aromatic N) is 1. The van der Waals surface area contributed by atoms with Crippen molar-refractivity contribution in [2.75, 3.05) is 11.5 Å². The Labute approximate surface area is 149 Å². The molecule has 2 rings (SSSR count). The largest absolute Gasteiger partial charge is 0.365 e. The fraction of sp³-hybridized carbons (Fsp3) is 0.462. The number of nitrogens with one attached hydrogen (secondary N) is 1. The molecule has 0 spiro atoms. The molecule has 9 heteroatoms. The first-order valence-corrected chi connectivity index (χ1v) is 9.83. The molecule has 1 N–H and O–H groups in total. The molecule has 1 fully saturated rings. The number of alkyl halides is 4. The molecule has 122 valence electrons. The lowest BCUT2D eigenvalue weighted by Gasteiger charge is -2.22. The van der Waals surface area contributed by atoms with Crippen LogP contribution in [0.1, 0.15) is 5.56 Å². The average Bonchev–Trinajstić information content (AvgIpc) is 2.67. The van der Waals surface area contributed by atoms with Gasteiger partial charge in [0.1, 0.15) is 5.84 Å². The van der Waals surface area contributed by atoms with Gasteiger partial charge in [0.25, 0.3) is 0 Å². The van der Waals surface area contributed by atoms with Crippen molar-refractivity contribution in [3.63, 3.8) is 0 Å². The predicted molar refractivity (Wildman–Crippen MR) is 93.1 cm³/mol. The molecular formula is C13H14Cl4N2O2S. The third kappa shape index (κ3) is 5.17. The Balaban J connectivity index is 2.14. The molecule has 1 aliphatic rings. The van der Waals surface area contributed by atoms with Gasteiger partial charge in [-0.3, -0.25) is 4.99 Å². The molecule has 1 aromatic rings. The van der Waals surface area contributed by atoms with Crippen molar-refractivity contribution in [2.45, 2.75) is 21.8 Å². The summed E-state index contributed by atoms with van der Waals surface area (Å²) in [5.41, 5.74) is 0.942. The van der Waals surface area contributed by atoms with Crippen molar-refractivity contribution < 1.29 is 8.42 Å². The molecule has 0 aromatic heterocycles. The summed E-state index contributed by atoms with van der Waals surface area (Å²) in [5, 5.41) is 2.29. The van der Waals surface area contributed by atoms with Crippen LogP contribution in [0, 0.1) is 0 Å². The van der Waals surface area contributed by atoms with Crippen LogP contribution in [0.5, 0.6) is 0 Å². The average molecular weight is 404 g/mol. The van der Waals surface area contributed by atoms with E-state index in [0.29, 0.717) is 6.54 Å². The summed E-state index contributed by atoms with van der Waals surface area (Å²) < 4.78 is 21.4. The molecule has 0 radical (unpaired) electrons. The zero-order chi connectivity index (χ0) is 16.4. The number of hydrogen-bond acceptors (Lipinski definition) is 3. The lowest BCUT2D eigenvalue weighted by Crippen LogP contribution is -2.46. The Bertz CT molecular complexity index is 644. The monoisotopic (exact) mass is 402 g/mol. The third-order valence-electron chi connectivity index (χ3n) is 3.14. The Morgan fingerprint density at radius 3 is 2.36 bits per heavy atom. The van der Waals surface area contributed by atoms with Gasteiger partial charge in [-0.1, -0.05) is 65.1 Å². The van der Waals surface area contributed by atoms with E-state index in [-0.39, 0.29) is 17.3 Å². The van der Waals surface area contributed by atoms with Gasteiger partial charge >= 0.3 is 0 Å². The van der Waals surface area contributed by atoms with Gasteiger partial charge in [-0.15, -0.1) is 11.6 Å². The van der Waals surface area contributed by atoms with Crippen LogP contribution in [0.25, 0.3) is 0 Å². The van der Waals surface area contributed by atoms with Gasteiger partial charge in [-0.05, 0) is 5.56 Å². The third-order valence-corrected chi connectivity index (χ3v) is 6.05. The standard InChI is InChI=1S/C13H14Cl4N2O2S/c14-10-7-22(20,21)8-11(10)19-12(13(15,16)17)18-6-9-4-2-1-3-5-9/h1-5,10-11H,6-8H2,(H,18,19)/t10-,11-/m0/s1. The molecule has 0 amide bonds. The molecule has 0 saturated carbocycles. The fourth-order valence-electron chi connectivity index (χ4n) is 2.08. The van der Waals surface area contributed by atoms with Crippen LogP contribution in [0.2, 0.25) is 0 Å². The number of sulfone groups is 1. The molecule has 1 heterocycles. The fourth-order valence-corrected chi connectivity index (χ4v) is 4.98. The van der Waals surface area contributed by atoms with E-state index in [1.54, 1.807) is 0 Å². The number of benzene rings is 1. The summed E-state index contributed by atoms with van der Waals surface area (Å²) in [4.78, 5) is 4.27. The summed E-state index contributed by atoms with van der Waals surface area (Å²) in [7, 11) is -3.18. The molecule has 4 nitrogen and oxygen atoms in total. The molecule has 0 aliphatic carbocycles. The zero-order valence-electron chi connectivity index (χ0n) is 11.3. The van der Waals surface area contributed by atoms with Crippen molar-refractivity contribution in [3.8, 4) is 0 Å². The number of hydrogen-bond donors (Lipinski definition) is 1. The first-order chi connectivity index (χ1) is 10.2. The first-order valence-electron chi connectivity index (χ1n) is 6.44. The van der Waals surface area contributed by atoms with Crippen LogP contribution < -0.4 is 5.32 Å². The molecule has 22 heavy (non-hydrogen) atoms. The summed E-state index contributed by atoms with van der Waals surface area (Å²) in [6, 6.07) is 8.91. The second-order valence-corrected chi connectivity index (χ2v) is 9.99. The lowest BCUT2D eigenvalue weighted by atomic mass is 10.2.